The molecule has 31 heavy (non-hydrogen) atoms. The summed E-state index contributed by atoms with van der Waals surface area (Å²) in [5.41, 5.74) is 4.12. The van der Waals surface area contributed by atoms with Crippen LogP contribution >= 0.6 is 0 Å². The second-order valence-electron chi connectivity index (χ2n) is 8.79. The summed E-state index contributed by atoms with van der Waals surface area (Å²) < 4.78 is 0. The molecule has 0 spiro atoms. The fourth-order valence-corrected chi connectivity index (χ4v) is 4.91. The molecule has 163 valence electrons. The first-order chi connectivity index (χ1) is 15.4. The van der Waals surface area contributed by atoms with E-state index in [4.69, 9.17) is 0 Å². The molecule has 0 amide bonds. The smallest absolute Gasteiger partial charge is 0.0451 e. The Morgan fingerprint density at radius 2 is 0.742 bits per heavy atom. The Kier molecular flexibility index (Phi) is 9.90. The first kappa shape index (κ1) is 23.3. The van der Waals surface area contributed by atoms with Crippen molar-refractivity contribution in [3.05, 3.63) is 115 Å². The van der Waals surface area contributed by atoms with Gasteiger partial charge in [-0.1, -0.05) is 162 Å². The highest BCUT2D eigenvalue weighted by Crippen LogP contribution is 2.43. The minimum atomic E-state index is -0.0853. The Morgan fingerprint density at radius 3 is 1.10 bits per heavy atom. The molecule has 0 aliphatic carbocycles. The van der Waals surface area contributed by atoms with Crippen molar-refractivity contribution in [2.24, 2.45) is 0 Å². The zero-order chi connectivity index (χ0) is 21.6. The Bertz CT molecular complexity index is 723. The van der Waals surface area contributed by atoms with Crippen LogP contribution in [0, 0.1) is 6.92 Å². The molecule has 0 aliphatic rings. The lowest BCUT2D eigenvalue weighted by molar-refractivity contribution is 0.493. The molecule has 0 aromatic heterocycles. The summed E-state index contributed by atoms with van der Waals surface area (Å²) in [5, 5.41) is 0. The number of hydrogen-bond donors (Lipinski definition) is 0. The topological polar surface area (TPSA) is 0 Å². The van der Waals surface area contributed by atoms with E-state index < -0.39 is 0 Å². The van der Waals surface area contributed by atoms with Crippen molar-refractivity contribution < 1.29 is 0 Å². The van der Waals surface area contributed by atoms with E-state index in [1.807, 2.05) is 0 Å². The van der Waals surface area contributed by atoms with Gasteiger partial charge in [0.05, 0.1) is 0 Å². The summed E-state index contributed by atoms with van der Waals surface area (Å²) in [6.45, 7) is 3.94. The molecule has 3 aromatic rings. The molecule has 1 radical (unpaired) electrons. The first-order valence-corrected chi connectivity index (χ1v) is 12.3. The normalized spacial score (nSPS) is 11.5. The van der Waals surface area contributed by atoms with Gasteiger partial charge in [-0.25, -0.2) is 0 Å². The van der Waals surface area contributed by atoms with E-state index in [0.29, 0.717) is 0 Å². The van der Waals surface area contributed by atoms with Crippen LogP contribution in [0.25, 0.3) is 0 Å². The summed E-state index contributed by atoms with van der Waals surface area (Å²) in [5.74, 6) is 0. The molecule has 0 nitrogen and oxygen atoms in total. The van der Waals surface area contributed by atoms with Crippen LogP contribution in [0.3, 0.4) is 0 Å². The van der Waals surface area contributed by atoms with E-state index in [1.165, 1.54) is 74.5 Å². The van der Waals surface area contributed by atoms with Crippen molar-refractivity contribution in [1.82, 2.24) is 0 Å². The third-order valence-corrected chi connectivity index (χ3v) is 6.60. The van der Waals surface area contributed by atoms with Crippen molar-refractivity contribution in [2.75, 3.05) is 0 Å². The Labute approximate surface area is 190 Å². The van der Waals surface area contributed by atoms with Crippen molar-refractivity contribution >= 4 is 0 Å². The summed E-state index contributed by atoms with van der Waals surface area (Å²) in [6.07, 6.45) is 14.3. The lowest BCUT2D eigenvalue weighted by atomic mass is 9.66. The van der Waals surface area contributed by atoms with E-state index in [-0.39, 0.29) is 5.41 Å². The number of hydrogen-bond acceptors (Lipinski definition) is 0. The number of rotatable bonds is 14. The van der Waals surface area contributed by atoms with Crippen LogP contribution in [0.4, 0.5) is 0 Å². The fraction of sp³-hybridized carbons (Fsp3) is 0.387. The highest BCUT2D eigenvalue weighted by molar-refractivity contribution is 5.50. The molecule has 0 fully saturated rings. The highest BCUT2D eigenvalue weighted by atomic mass is 14.4. The maximum absolute atomic E-state index is 3.94. The molecule has 0 bridgehead atoms. The predicted molar refractivity (Wildman–Crippen MR) is 135 cm³/mol. The van der Waals surface area contributed by atoms with Gasteiger partial charge in [-0.3, -0.25) is 0 Å². The van der Waals surface area contributed by atoms with Gasteiger partial charge in [0, 0.05) is 5.41 Å². The van der Waals surface area contributed by atoms with Crippen molar-refractivity contribution in [3.63, 3.8) is 0 Å². The summed E-state index contributed by atoms with van der Waals surface area (Å²) in [6, 6.07) is 33.4. The molecule has 3 aromatic carbocycles. The van der Waals surface area contributed by atoms with Gasteiger partial charge in [0.1, 0.15) is 0 Å². The van der Waals surface area contributed by atoms with Crippen molar-refractivity contribution in [2.45, 2.75) is 76.0 Å². The van der Waals surface area contributed by atoms with Crippen LogP contribution in [-0.4, -0.2) is 0 Å². The van der Waals surface area contributed by atoms with Gasteiger partial charge in [-0.05, 0) is 23.1 Å². The summed E-state index contributed by atoms with van der Waals surface area (Å²) in [4.78, 5) is 0. The van der Waals surface area contributed by atoms with Crippen LogP contribution in [0.5, 0.6) is 0 Å². The van der Waals surface area contributed by atoms with Gasteiger partial charge in [0.2, 0.25) is 0 Å². The number of benzene rings is 3. The molecule has 0 aliphatic heterocycles. The summed E-state index contributed by atoms with van der Waals surface area (Å²) in [7, 11) is 0. The maximum Gasteiger partial charge on any atom is 0.0451 e. The van der Waals surface area contributed by atoms with E-state index in [9.17, 15) is 0 Å². The maximum atomic E-state index is 3.94. The molecule has 0 N–H and O–H groups in total. The van der Waals surface area contributed by atoms with E-state index in [0.717, 1.165) is 12.8 Å². The molecule has 0 saturated carbocycles. The van der Waals surface area contributed by atoms with Crippen LogP contribution in [0.2, 0.25) is 0 Å². The lowest BCUT2D eigenvalue weighted by Crippen LogP contribution is -2.29. The third-order valence-electron chi connectivity index (χ3n) is 6.60. The standard InChI is InChI=1S/C31H39/c1-2-3-4-5-6-7-8-9-10-20-27-31(28-21-14-11-15-22-28,29-23-16-12-17-24-29)30-25-18-13-19-26-30/h11-19,21-26H,1-10,20,27H2. The molecule has 0 atom stereocenters. The van der Waals surface area contributed by atoms with E-state index in [1.54, 1.807) is 0 Å². The fourth-order valence-electron chi connectivity index (χ4n) is 4.91. The Balaban J connectivity index is 1.70. The molecular formula is C31H39. The van der Waals surface area contributed by atoms with Gasteiger partial charge >= 0.3 is 0 Å². The van der Waals surface area contributed by atoms with Gasteiger partial charge < -0.3 is 0 Å². The van der Waals surface area contributed by atoms with E-state index in [2.05, 4.69) is 97.9 Å². The van der Waals surface area contributed by atoms with Crippen LogP contribution in [-0.2, 0) is 5.41 Å². The van der Waals surface area contributed by atoms with Gasteiger partial charge in [-0.15, -0.1) is 0 Å². The van der Waals surface area contributed by atoms with Crippen molar-refractivity contribution in [1.29, 1.82) is 0 Å². The predicted octanol–water partition coefficient (Wildman–Crippen LogP) is 9.15. The quantitative estimate of drug-likeness (QED) is 0.183. The lowest BCUT2D eigenvalue weighted by Gasteiger charge is -2.36. The minimum absolute atomic E-state index is 0.0853. The zero-order valence-electron chi connectivity index (χ0n) is 19.1. The van der Waals surface area contributed by atoms with Crippen molar-refractivity contribution in [3.8, 4) is 0 Å². The minimum Gasteiger partial charge on any atom is -0.0622 e. The van der Waals surface area contributed by atoms with Crippen LogP contribution in [0.1, 0.15) is 87.3 Å². The average Bonchev–Trinajstić information content (AvgIpc) is 2.84. The molecule has 0 unspecified atom stereocenters. The first-order valence-electron chi connectivity index (χ1n) is 12.3. The highest BCUT2D eigenvalue weighted by Gasteiger charge is 2.35. The second-order valence-corrected chi connectivity index (χ2v) is 8.79. The second kappa shape index (κ2) is 13.2. The van der Waals surface area contributed by atoms with Gasteiger partial charge in [-0.2, -0.15) is 0 Å². The van der Waals surface area contributed by atoms with Crippen LogP contribution in [0.15, 0.2) is 91.0 Å². The summed E-state index contributed by atoms with van der Waals surface area (Å²) >= 11 is 0. The third kappa shape index (κ3) is 6.57. The molecule has 3 rings (SSSR count). The van der Waals surface area contributed by atoms with Gasteiger partial charge in [0.25, 0.3) is 0 Å². The monoisotopic (exact) mass is 411 g/mol. The Hall–Kier alpha value is -2.34. The molecule has 0 heterocycles. The number of unbranched alkanes of at least 4 members (excludes halogenated alkanes) is 9. The zero-order valence-corrected chi connectivity index (χ0v) is 19.1. The SMILES string of the molecule is [CH2]CCCCCCCCCCCC(c1ccccc1)(c1ccccc1)c1ccccc1. The molecule has 0 heteroatoms. The average molecular weight is 412 g/mol. The largest absolute Gasteiger partial charge is 0.0622 e. The molecule has 0 saturated heterocycles. The van der Waals surface area contributed by atoms with E-state index >= 15 is 0 Å². The Morgan fingerprint density at radius 1 is 0.419 bits per heavy atom. The molecular weight excluding hydrogens is 372 g/mol. The van der Waals surface area contributed by atoms with Gasteiger partial charge in [0.15, 0.2) is 0 Å². The van der Waals surface area contributed by atoms with Crippen LogP contribution < -0.4 is 0 Å².